The van der Waals surface area contributed by atoms with Gasteiger partial charge in [0.1, 0.15) is 12.7 Å². The van der Waals surface area contributed by atoms with E-state index < -0.39 is 12.2 Å². The number of cyclic esters (lactones) is 1. The van der Waals surface area contributed by atoms with Crippen molar-refractivity contribution in [2.75, 3.05) is 42.6 Å². The summed E-state index contributed by atoms with van der Waals surface area (Å²) in [6.45, 7) is 5.39. The number of aryl methyl sites for hydroxylation is 2. The van der Waals surface area contributed by atoms with Gasteiger partial charge in [-0.2, -0.15) is 0 Å². The molecule has 9 nitrogen and oxygen atoms in total. The minimum Gasteiger partial charge on any atom is -0.442 e. The largest absolute Gasteiger partial charge is 0.442 e. The highest BCUT2D eigenvalue weighted by Gasteiger charge is 2.33. The number of carbonyl (C=O) groups excluding carboxylic acids is 3. The lowest BCUT2D eigenvalue weighted by molar-refractivity contribution is -0.125. The Kier molecular flexibility index (Phi) is 5.69. The summed E-state index contributed by atoms with van der Waals surface area (Å²) < 4.78 is 10.5. The SMILES string of the molecule is Cc1nc(C(=O)NC[C@H]2CN(c3ccc(N4CCOCC4=O)cc3)C(=O)O2)sc1C. The number of rotatable bonds is 5. The topological polar surface area (TPSA) is 101 Å². The van der Waals surface area contributed by atoms with Gasteiger partial charge in [-0.3, -0.25) is 14.5 Å². The predicted octanol–water partition coefficient (Wildman–Crippen LogP) is 1.88. The minimum absolute atomic E-state index is 0.0771. The van der Waals surface area contributed by atoms with Crippen LogP contribution in [-0.4, -0.2) is 61.8 Å². The van der Waals surface area contributed by atoms with Crippen LogP contribution < -0.4 is 15.1 Å². The summed E-state index contributed by atoms with van der Waals surface area (Å²) in [5.74, 6) is -0.360. The number of ether oxygens (including phenoxy) is 2. The fourth-order valence-electron chi connectivity index (χ4n) is 3.29. The monoisotopic (exact) mass is 430 g/mol. The van der Waals surface area contributed by atoms with E-state index in [4.69, 9.17) is 9.47 Å². The standard InChI is InChI=1S/C20H22N4O5S/c1-12-13(2)30-19(22-12)18(26)21-9-16-10-24(20(27)29-16)15-5-3-14(4-6-15)23-7-8-28-11-17(23)25/h3-6,16H,7-11H2,1-2H3,(H,21,26)/t16-/m0/s1. The highest BCUT2D eigenvalue weighted by molar-refractivity contribution is 7.13. The molecular weight excluding hydrogens is 408 g/mol. The molecule has 2 aliphatic rings. The van der Waals surface area contributed by atoms with Crippen molar-refractivity contribution in [2.45, 2.75) is 20.0 Å². The van der Waals surface area contributed by atoms with Gasteiger partial charge in [-0.25, -0.2) is 9.78 Å². The third-order valence-corrected chi connectivity index (χ3v) is 6.12. The van der Waals surface area contributed by atoms with Gasteiger partial charge in [-0.1, -0.05) is 0 Å². The number of aromatic nitrogens is 1. The van der Waals surface area contributed by atoms with E-state index in [2.05, 4.69) is 10.3 Å². The predicted molar refractivity (Wildman–Crippen MR) is 111 cm³/mol. The van der Waals surface area contributed by atoms with Crippen LogP contribution in [0.25, 0.3) is 0 Å². The summed E-state index contributed by atoms with van der Waals surface area (Å²) in [5, 5.41) is 3.18. The van der Waals surface area contributed by atoms with Crippen molar-refractivity contribution in [3.63, 3.8) is 0 Å². The fourth-order valence-corrected chi connectivity index (χ4v) is 4.13. The number of morpholine rings is 1. The highest BCUT2D eigenvalue weighted by Crippen LogP contribution is 2.25. The number of hydrogen-bond donors (Lipinski definition) is 1. The average molecular weight is 430 g/mol. The Morgan fingerprint density at radius 1 is 1.20 bits per heavy atom. The van der Waals surface area contributed by atoms with Crippen LogP contribution in [0.3, 0.4) is 0 Å². The van der Waals surface area contributed by atoms with Crippen molar-refractivity contribution < 1.29 is 23.9 Å². The number of nitrogens with one attached hydrogen (secondary N) is 1. The molecule has 1 aromatic carbocycles. The van der Waals surface area contributed by atoms with E-state index in [0.29, 0.717) is 30.4 Å². The van der Waals surface area contributed by atoms with Crippen molar-refractivity contribution in [1.82, 2.24) is 10.3 Å². The Bertz CT molecular complexity index is 955. The van der Waals surface area contributed by atoms with Gasteiger partial charge in [0.15, 0.2) is 5.01 Å². The molecule has 2 fully saturated rings. The first-order chi connectivity index (χ1) is 14.4. The van der Waals surface area contributed by atoms with Gasteiger partial charge in [0.2, 0.25) is 0 Å². The molecule has 0 radical (unpaired) electrons. The Labute approximate surface area is 177 Å². The first kappa shape index (κ1) is 20.3. The number of nitrogens with zero attached hydrogens (tertiary/aromatic N) is 3. The molecule has 2 aliphatic heterocycles. The van der Waals surface area contributed by atoms with Crippen LogP contribution in [-0.2, 0) is 14.3 Å². The molecule has 3 heterocycles. The van der Waals surface area contributed by atoms with E-state index in [9.17, 15) is 14.4 Å². The molecule has 0 saturated carbocycles. The normalized spacial score (nSPS) is 19.2. The van der Waals surface area contributed by atoms with Crippen LogP contribution in [0.5, 0.6) is 0 Å². The molecule has 158 valence electrons. The molecule has 0 spiro atoms. The summed E-state index contributed by atoms with van der Waals surface area (Å²) in [4.78, 5) is 44.9. The third kappa shape index (κ3) is 4.14. The smallest absolute Gasteiger partial charge is 0.414 e. The van der Waals surface area contributed by atoms with Gasteiger partial charge in [-0.15, -0.1) is 11.3 Å². The van der Waals surface area contributed by atoms with Crippen molar-refractivity contribution >= 4 is 40.6 Å². The second-order valence-electron chi connectivity index (χ2n) is 7.10. The summed E-state index contributed by atoms with van der Waals surface area (Å²) in [6.07, 6.45) is -0.922. The number of thiazole rings is 1. The Morgan fingerprint density at radius 3 is 2.53 bits per heavy atom. The quantitative estimate of drug-likeness (QED) is 0.777. The molecule has 3 amide bonds. The maximum absolute atomic E-state index is 12.3. The van der Waals surface area contributed by atoms with Crippen LogP contribution >= 0.6 is 11.3 Å². The number of carbonyl (C=O) groups is 3. The number of hydrogen-bond acceptors (Lipinski definition) is 7. The molecule has 0 unspecified atom stereocenters. The van der Waals surface area contributed by atoms with E-state index >= 15 is 0 Å². The summed E-state index contributed by atoms with van der Waals surface area (Å²) in [7, 11) is 0. The van der Waals surface area contributed by atoms with E-state index in [0.717, 1.165) is 16.3 Å². The van der Waals surface area contributed by atoms with Gasteiger partial charge in [0, 0.05) is 22.8 Å². The van der Waals surface area contributed by atoms with Crippen LogP contribution in [0.1, 0.15) is 20.4 Å². The summed E-state index contributed by atoms with van der Waals surface area (Å²) in [5.41, 5.74) is 2.27. The van der Waals surface area contributed by atoms with E-state index in [1.165, 1.54) is 16.2 Å². The molecule has 2 saturated heterocycles. The third-order valence-electron chi connectivity index (χ3n) is 5.05. The Morgan fingerprint density at radius 2 is 1.90 bits per heavy atom. The van der Waals surface area contributed by atoms with Crippen LogP contribution in [0.15, 0.2) is 24.3 Å². The van der Waals surface area contributed by atoms with E-state index in [-0.39, 0.29) is 25.0 Å². The molecule has 2 aromatic rings. The van der Waals surface area contributed by atoms with Crippen molar-refractivity contribution in [3.05, 3.63) is 39.8 Å². The van der Waals surface area contributed by atoms with E-state index in [1.54, 1.807) is 29.2 Å². The zero-order chi connectivity index (χ0) is 21.3. The summed E-state index contributed by atoms with van der Waals surface area (Å²) in [6, 6.07) is 7.16. The van der Waals surface area contributed by atoms with Crippen LogP contribution in [0.2, 0.25) is 0 Å². The zero-order valence-corrected chi connectivity index (χ0v) is 17.5. The molecule has 1 aromatic heterocycles. The highest BCUT2D eigenvalue weighted by atomic mass is 32.1. The van der Waals surface area contributed by atoms with Crippen molar-refractivity contribution in [3.8, 4) is 0 Å². The van der Waals surface area contributed by atoms with Gasteiger partial charge in [-0.05, 0) is 38.1 Å². The molecule has 1 N–H and O–H groups in total. The molecular formula is C20H22N4O5S. The Balaban J connectivity index is 1.35. The molecule has 4 rings (SSSR count). The maximum Gasteiger partial charge on any atom is 0.414 e. The number of anilines is 2. The molecule has 10 heteroatoms. The number of benzene rings is 1. The van der Waals surface area contributed by atoms with Crippen LogP contribution in [0, 0.1) is 13.8 Å². The van der Waals surface area contributed by atoms with Gasteiger partial charge in [0.25, 0.3) is 11.8 Å². The average Bonchev–Trinajstić information content (AvgIpc) is 3.28. The fraction of sp³-hybridized carbons (Fsp3) is 0.400. The second kappa shape index (κ2) is 8.41. The second-order valence-corrected chi connectivity index (χ2v) is 8.30. The molecule has 30 heavy (non-hydrogen) atoms. The zero-order valence-electron chi connectivity index (χ0n) is 16.7. The molecule has 0 aliphatic carbocycles. The minimum atomic E-state index is -0.467. The van der Waals surface area contributed by atoms with Crippen LogP contribution in [0.4, 0.5) is 16.2 Å². The van der Waals surface area contributed by atoms with Gasteiger partial charge < -0.3 is 19.7 Å². The van der Waals surface area contributed by atoms with Gasteiger partial charge in [0.05, 0.1) is 25.4 Å². The van der Waals surface area contributed by atoms with Crippen molar-refractivity contribution in [2.24, 2.45) is 0 Å². The summed E-state index contributed by atoms with van der Waals surface area (Å²) >= 11 is 1.34. The van der Waals surface area contributed by atoms with Gasteiger partial charge >= 0.3 is 6.09 Å². The first-order valence-electron chi connectivity index (χ1n) is 9.61. The Hall–Kier alpha value is -2.98. The van der Waals surface area contributed by atoms with Crippen molar-refractivity contribution in [1.29, 1.82) is 0 Å². The van der Waals surface area contributed by atoms with E-state index in [1.807, 2.05) is 13.8 Å². The maximum atomic E-state index is 12.3. The molecule has 1 atom stereocenters. The lowest BCUT2D eigenvalue weighted by Crippen LogP contribution is -2.41. The lowest BCUT2D eigenvalue weighted by atomic mass is 10.2. The molecule has 0 bridgehead atoms. The number of amides is 3. The first-order valence-corrected chi connectivity index (χ1v) is 10.4. The lowest BCUT2D eigenvalue weighted by Gasteiger charge is -2.27.